The number of hydrogen-bond donors (Lipinski definition) is 1. The zero-order valence-electron chi connectivity index (χ0n) is 9.79. The fourth-order valence-corrected chi connectivity index (χ4v) is 2.66. The van der Waals surface area contributed by atoms with Crippen LogP contribution in [0.15, 0.2) is 24.3 Å². The molecule has 0 radical (unpaired) electrons. The Morgan fingerprint density at radius 3 is 2.47 bits per heavy atom. The van der Waals surface area contributed by atoms with Crippen LogP contribution in [0.25, 0.3) is 0 Å². The zero-order chi connectivity index (χ0) is 10.9. The first-order valence-electron chi connectivity index (χ1n) is 5.99. The number of hydrogen-bond acceptors (Lipinski definition) is 1. The minimum atomic E-state index is -0.0774. The summed E-state index contributed by atoms with van der Waals surface area (Å²) < 4.78 is 0. The maximum absolute atomic E-state index is 6.57. The minimum absolute atomic E-state index is 0.0774. The summed E-state index contributed by atoms with van der Waals surface area (Å²) in [6.45, 7) is 4.41. The van der Waals surface area contributed by atoms with Gasteiger partial charge in [0.15, 0.2) is 0 Å². The predicted octanol–water partition coefficient (Wildman–Crippen LogP) is 3.36. The Labute approximate surface area is 92.7 Å². The molecule has 1 heteroatoms. The Hall–Kier alpha value is -0.820. The molecule has 0 heterocycles. The molecule has 0 aromatic heterocycles. The maximum Gasteiger partial charge on any atom is 0.0435 e. The van der Waals surface area contributed by atoms with Crippen molar-refractivity contribution < 1.29 is 0 Å². The second kappa shape index (κ2) is 3.97. The number of aryl methyl sites for hydroxylation is 1. The van der Waals surface area contributed by atoms with Crippen LogP contribution >= 0.6 is 0 Å². The molecule has 1 saturated carbocycles. The Balaban J connectivity index is 2.30. The fourth-order valence-electron chi connectivity index (χ4n) is 2.66. The molecule has 0 bridgehead atoms. The Morgan fingerprint density at radius 2 is 1.87 bits per heavy atom. The molecule has 15 heavy (non-hydrogen) atoms. The van der Waals surface area contributed by atoms with Crippen molar-refractivity contribution in [3.63, 3.8) is 0 Å². The summed E-state index contributed by atoms with van der Waals surface area (Å²) in [5, 5.41) is 0. The monoisotopic (exact) mass is 203 g/mol. The topological polar surface area (TPSA) is 26.0 Å². The standard InChI is InChI=1S/C14H21N/c1-11-6-8-13(9-7-11)14(15)10-4-3-5-12(14)2/h6-9,12H,3-5,10,15H2,1-2H3. The van der Waals surface area contributed by atoms with E-state index in [0.717, 1.165) is 6.42 Å². The third kappa shape index (κ3) is 1.93. The Kier molecular flexibility index (Phi) is 2.83. The Bertz CT molecular complexity index is 328. The van der Waals surface area contributed by atoms with Crippen molar-refractivity contribution in [3.05, 3.63) is 35.4 Å². The van der Waals surface area contributed by atoms with Crippen molar-refractivity contribution in [1.82, 2.24) is 0 Å². The van der Waals surface area contributed by atoms with Gasteiger partial charge in [0.25, 0.3) is 0 Å². The third-order valence-electron chi connectivity index (χ3n) is 3.95. The van der Waals surface area contributed by atoms with Crippen LogP contribution in [-0.4, -0.2) is 0 Å². The fraction of sp³-hybridized carbons (Fsp3) is 0.571. The average molecular weight is 203 g/mol. The highest BCUT2D eigenvalue weighted by molar-refractivity contribution is 5.28. The highest BCUT2D eigenvalue weighted by atomic mass is 14.8. The lowest BCUT2D eigenvalue weighted by Crippen LogP contribution is -2.45. The minimum Gasteiger partial charge on any atom is -0.321 e. The smallest absolute Gasteiger partial charge is 0.0435 e. The van der Waals surface area contributed by atoms with Gasteiger partial charge in [0.05, 0.1) is 0 Å². The zero-order valence-corrected chi connectivity index (χ0v) is 9.79. The van der Waals surface area contributed by atoms with Gasteiger partial charge in [0.1, 0.15) is 0 Å². The van der Waals surface area contributed by atoms with Gasteiger partial charge in [-0.25, -0.2) is 0 Å². The van der Waals surface area contributed by atoms with Crippen molar-refractivity contribution in [2.45, 2.75) is 45.1 Å². The third-order valence-corrected chi connectivity index (χ3v) is 3.95. The summed E-state index contributed by atoms with van der Waals surface area (Å²) >= 11 is 0. The van der Waals surface area contributed by atoms with E-state index in [-0.39, 0.29) is 5.54 Å². The van der Waals surface area contributed by atoms with E-state index in [4.69, 9.17) is 5.73 Å². The molecule has 2 atom stereocenters. The second-order valence-electron chi connectivity index (χ2n) is 5.05. The quantitative estimate of drug-likeness (QED) is 0.744. The molecule has 0 spiro atoms. The van der Waals surface area contributed by atoms with Crippen LogP contribution in [0.5, 0.6) is 0 Å². The number of rotatable bonds is 1. The molecule has 1 aliphatic carbocycles. The molecule has 1 aliphatic rings. The second-order valence-corrected chi connectivity index (χ2v) is 5.05. The van der Waals surface area contributed by atoms with Gasteiger partial charge >= 0.3 is 0 Å². The summed E-state index contributed by atoms with van der Waals surface area (Å²) in [6, 6.07) is 8.75. The molecule has 1 aromatic rings. The SMILES string of the molecule is Cc1ccc(C2(N)CCCCC2C)cc1. The van der Waals surface area contributed by atoms with Crippen molar-refractivity contribution >= 4 is 0 Å². The number of nitrogens with two attached hydrogens (primary N) is 1. The number of benzene rings is 1. The molecule has 0 aliphatic heterocycles. The first-order chi connectivity index (χ1) is 7.13. The molecule has 2 unspecified atom stereocenters. The molecule has 2 rings (SSSR count). The van der Waals surface area contributed by atoms with Gasteiger partial charge < -0.3 is 5.73 Å². The highest BCUT2D eigenvalue weighted by Gasteiger charge is 2.35. The van der Waals surface area contributed by atoms with E-state index in [1.54, 1.807) is 0 Å². The molecule has 0 amide bonds. The molecule has 0 saturated heterocycles. The van der Waals surface area contributed by atoms with Crippen LogP contribution in [0.4, 0.5) is 0 Å². The van der Waals surface area contributed by atoms with E-state index in [0.29, 0.717) is 5.92 Å². The van der Waals surface area contributed by atoms with Crippen LogP contribution in [0.3, 0.4) is 0 Å². The first-order valence-corrected chi connectivity index (χ1v) is 5.99. The largest absolute Gasteiger partial charge is 0.321 e. The van der Waals surface area contributed by atoms with E-state index in [9.17, 15) is 0 Å². The van der Waals surface area contributed by atoms with E-state index < -0.39 is 0 Å². The maximum atomic E-state index is 6.57. The van der Waals surface area contributed by atoms with E-state index in [2.05, 4.69) is 38.1 Å². The predicted molar refractivity (Wildman–Crippen MR) is 64.7 cm³/mol. The van der Waals surface area contributed by atoms with E-state index in [1.807, 2.05) is 0 Å². The summed E-state index contributed by atoms with van der Waals surface area (Å²) in [6.07, 6.45) is 5.02. The molecule has 82 valence electrons. The van der Waals surface area contributed by atoms with Gasteiger partial charge in [0.2, 0.25) is 0 Å². The molecule has 2 N–H and O–H groups in total. The van der Waals surface area contributed by atoms with Crippen LogP contribution in [0, 0.1) is 12.8 Å². The first kappa shape index (κ1) is 10.7. The van der Waals surface area contributed by atoms with E-state index >= 15 is 0 Å². The van der Waals surface area contributed by atoms with Crippen LogP contribution in [0.1, 0.15) is 43.7 Å². The summed E-state index contributed by atoms with van der Waals surface area (Å²) in [7, 11) is 0. The van der Waals surface area contributed by atoms with Crippen LogP contribution in [-0.2, 0) is 5.54 Å². The summed E-state index contributed by atoms with van der Waals surface area (Å²) in [5.41, 5.74) is 9.13. The molecule has 1 aromatic carbocycles. The van der Waals surface area contributed by atoms with Crippen molar-refractivity contribution in [1.29, 1.82) is 0 Å². The molecule has 1 fully saturated rings. The van der Waals surface area contributed by atoms with Gasteiger partial charge in [-0.2, -0.15) is 0 Å². The lowest BCUT2D eigenvalue weighted by atomic mass is 9.70. The van der Waals surface area contributed by atoms with Crippen molar-refractivity contribution in [2.75, 3.05) is 0 Å². The summed E-state index contributed by atoms with van der Waals surface area (Å²) in [4.78, 5) is 0. The highest BCUT2D eigenvalue weighted by Crippen LogP contribution is 2.39. The van der Waals surface area contributed by atoms with Crippen LogP contribution in [0.2, 0.25) is 0 Å². The summed E-state index contributed by atoms with van der Waals surface area (Å²) in [5.74, 6) is 0.606. The van der Waals surface area contributed by atoms with Crippen molar-refractivity contribution in [3.8, 4) is 0 Å². The van der Waals surface area contributed by atoms with Gasteiger partial charge in [-0.3, -0.25) is 0 Å². The molecular weight excluding hydrogens is 182 g/mol. The normalized spacial score (nSPS) is 31.5. The lowest BCUT2D eigenvalue weighted by molar-refractivity contribution is 0.207. The van der Waals surface area contributed by atoms with Crippen molar-refractivity contribution in [2.24, 2.45) is 11.7 Å². The van der Waals surface area contributed by atoms with Gasteiger partial charge in [-0.05, 0) is 31.2 Å². The average Bonchev–Trinajstić information content (AvgIpc) is 2.23. The Morgan fingerprint density at radius 1 is 1.20 bits per heavy atom. The van der Waals surface area contributed by atoms with Gasteiger partial charge in [-0.15, -0.1) is 0 Å². The lowest BCUT2D eigenvalue weighted by Gasteiger charge is -2.40. The molecular formula is C14H21N. The van der Waals surface area contributed by atoms with Crippen LogP contribution < -0.4 is 5.73 Å². The van der Waals surface area contributed by atoms with Gasteiger partial charge in [-0.1, -0.05) is 49.6 Å². The molecule has 1 nitrogen and oxygen atoms in total. The van der Waals surface area contributed by atoms with E-state index in [1.165, 1.54) is 30.4 Å². The van der Waals surface area contributed by atoms with Gasteiger partial charge in [0, 0.05) is 5.54 Å².